The fourth-order valence-corrected chi connectivity index (χ4v) is 4.64. The second kappa shape index (κ2) is 11.3. The lowest BCUT2D eigenvalue weighted by atomic mass is 9.84. The molecule has 164 valence electrons. The highest BCUT2D eigenvalue weighted by atomic mass is 19.1. The number of anilines is 1. The summed E-state index contributed by atoms with van der Waals surface area (Å²) < 4.78 is 13.5. The third-order valence-electron chi connectivity index (χ3n) is 6.64. The van der Waals surface area contributed by atoms with Crippen molar-refractivity contribution in [1.29, 1.82) is 5.26 Å². The van der Waals surface area contributed by atoms with Crippen molar-refractivity contribution in [1.82, 2.24) is 10.2 Å². The standard InChI is InChI=1S/C24H35FN4O/c1-19-18-22(9-10-23(19)25)29-16-14-28(15-17-29)13-11-20-5-7-21(8-6-20)27-24(30)4-2-3-12-26/h9-10,18,20-21H,2-8,11,13-17H2,1H3,(H,27,30)/t20-,21-. The summed E-state index contributed by atoms with van der Waals surface area (Å²) in [6.45, 7) is 7.08. The molecule has 0 bridgehead atoms. The molecule has 0 unspecified atom stereocenters. The van der Waals surface area contributed by atoms with E-state index in [-0.39, 0.29) is 11.7 Å². The number of aryl methyl sites for hydroxylation is 1. The lowest BCUT2D eigenvalue weighted by Gasteiger charge is -2.37. The molecule has 5 nitrogen and oxygen atoms in total. The molecule has 0 spiro atoms. The number of hydrogen-bond acceptors (Lipinski definition) is 4. The van der Waals surface area contributed by atoms with E-state index in [4.69, 9.17) is 5.26 Å². The van der Waals surface area contributed by atoms with Crippen LogP contribution in [0.2, 0.25) is 0 Å². The Labute approximate surface area is 180 Å². The van der Waals surface area contributed by atoms with E-state index in [9.17, 15) is 9.18 Å². The Morgan fingerprint density at radius 1 is 1.20 bits per heavy atom. The zero-order valence-electron chi connectivity index (χ0n) is 18.2. The number of amides is 1. The van der Waals surface area contributed by atoms with Gasteiger partial charge in [0.2, 0.25) is 5.91 Å². The molecule has 1 saturated heterocycles. The number of piperazine rings is 1. The van der Waals surface area contributed by atoms with Crippen molar-refractivity contribution in [3.05, 3.63) is 29.6 Å². The van der Waals surface area contributed by atoms with Gasteiger partial charge in [-0.25, -0.2) is 4.39 Å². The Balaban J connectivity index is 1.30. The van der Waals surface area contributed by atoms with Crippen LogP contribution in [-0.4, -0.2) is 49.6 Å². The molecule has 2 aliphatic rings. The molecule has 3 rings (SSSR count). The Kier molecular flexibility index (Phi) is 8.50. The number of hydrogen-bond donors (Lipinski definition) is 1. The topological polar surface area (TPSA) is 59.4 Å². The van der Waals surface area contributed by atoms with E-state index in [1.54, 1.807) is 6.07 Å². The SMILES string of the molecule is Cc1cc(N2CCN(CC[C@H]3CC[C@H](NC(=O)CCCC#N)CC3)CC2)ccc1F. The smallest absolute Gasteiger partial charge is 0.220 e. The number of carbonyl (C=O) groups excluding carboxylic acids is 1. The minimum atomic E-state index is -0.134. The van der Waals surface area contributed by atoms with Crippen LogP contribution in [0.3, 0.4) is 0 Å². The van der Waals surface area contributed by atoms with Crippen molar-refractivity contribution < 1.29 is 9.18 Å². The molecule has 1 amide bonds. The summed E-state index contributed by atoms with van der Waals surface area (Å²) in [4.78, 5) is 16.8. The van der Waals surface area contributed by atoms with Crippen LogP contribution in [0.25, 0.3) is 0 Å². The summed E-state index contributed by atoms with van der Waals surface area (Å²) in [6.07, 6.45) is 7.35. The van der Waals surface area contributed by atoms with Crippen LogP contribution in [0, 0.1) is 30.0 Å². The van der Waals surface area contributed by atoms with Gasteiger partial charge in [-0.1, -0.05) is 0 Å². The van der Waals surface area contributed by atoms with Crippen molar-refractivity contribution in [3.63, 3.8) is 0 Å². The molecule has 2 fully saturated rings. The van der Waals surface area contributed by atoms with E-state index in [0.29, 0.717) is 30.9 Å². The number of benzene rings is 1. The van der Waals surface area contributed by atoms with E-state index in [0.717, 1.165) is 57.2 Å². The average molecular weight is 415 g/mol. The maximum Gasteiger partial charge on any atom is 0.220 e. The predicted molar refractivity (Wildman–Crippen MR) is 118 cm³/mol. The quantitative estimate of drug-likeness (QED) is 0.653. The molecule has 1 saturated carbocycles. The summed E-state index contributed by atoms with van der Waals surface area (Å²) in [5.41, 5.74) is 1.84. The van der Waals surface area contributed by atoms with E-state index in [1.807, 2.05) is 19.1 Å². The van der Waals surface area contributed by atoms with Gasteiger partial charge in [-0.15, -0.1) is 0 Å². The molecule has 0 atom stereocenters. The summed E-state index contributed by atoms with van der Waals surface area (Å²) in [6, 6.07) is 7.82. The number of nitrogens with one attached hydrogen (secondary N) is 1. The Bertz CT molecular complexity index is 731. The number of nitriles is 1. The fraction of sp³-hybridized carbons (Fsp3) is 0.667. The van der Waals surface area contributed by atoms with Gasteiger partial charge in [-0.3, -0.25) is 9.69 Å². The van der Waals surface area contributed by atoms with Crippen LogP contribution in [0.5, 0.6) is 0 Å². The van der Waals surface area contributed by atoms with Gasteiger partial charge in [0.1, 0.15) is 5.82 Å². The van der Waals surface area contributed by atoms with Gasteiger partial charge in [0, 0.05) is 50.7 Å². The molecular weight excluding hydrogens is 379 g/mol. The number of halogens is 1. The van der Waals surface area contributed by atoms with Crippen LogP contribution in [-0.2, 0) is 4.79 Å². The predicted octanol–water partition coefficient (Wildman–Crippen LogP) is 4.02. The molecule has 1 aromatic rings. The first-order chi connectivity index (χ1) is 14.5. The highest BCUT2D eigenvalue weighted by Crippen LogP contribution is 2.27. The summed E-state index contributed by atoms with van der Waals surface area (Å²) in [5.74, 6) is 0.725. The first kappa shape index (κ1) is 22.6. The fourth-order valence-electron chi connectivity index (χ4n) is 4.64. The minimum Gasteiger partial charge on any atom is -0.369 e. The molecule has 0 aromatic heterocycles. The molecule has 6 heteroatoms. The van der Waals surface area contributed by atoms with Gasteiger partial charge in [-0.05, 0) is 81.7 Å². The molecule has 1 N–H and O–H groups in total. The van der Waals surface area contributed by atoms with Crippen molar-refractivity contribution >= 4 is 11.6 Å². The lowest BCUT2D eigenvalue weighted by Crippen LogP contribution is -2.47. The third-order valence-corrected chi connectivity index (χ3v) is 6.64. The second-order valence-electron chi connectivity index (χ2n) is 8.85. The zero-order valence-corrected chi connectivity index (χ0v) is 18.2. The number of carbonyl (C=O) groups is 1. The second-order valence-corrected chi connectivity index (χ2v) is 8.85. The van der Waals surface area contributed by atoms with Crippen LogP contribution in [0.4, 0.5) is 10.1 Å². The van der Waals surface area contributed by atoms with Crippen molar-refractivity contribution in [2.45, 2.75) is 64.3 Å². The van der Waals surface area contributed by atoms with Crippen molar-refractivity contribution in [2.24, 2.45) is 5.92 Å². The Morgan fingerprint density at radius 3 is 2.60 bits per heavy atom. The van der Waals surface area contributed by atoms with Crippen LogP contribution >= 0.6 is 0 Å². The zero-order chi connectivity index (χ0) is 21.3. The summed E-state index contributed by atoms with van der Waals surface area (Å²) in [7, 11) is 0. The number of rotatable bonds is 8. The van der Waals surface area contributed by atoms with E-state index in [1.165, 1.54) is 19.3 Å². The normalized spacial score (nSPS) is 22.5. The van der Waals surface area contributed by atoms with Crippen LogP contribution < -0.4 is 10.2 Å². The first-order valence-corrected chi connectivity index (χ1v) is 11.4. The maximum atomic E-state index is 13.5. The van der Waals surface area contributed by atoms with Gasteiger partial charge in [0.05, 0.1) is 6.07 Å². The average Bonchev–Trinajstić information content (AvgIpc) is 2.76. The molecule has 30 heavy (non-hydrogen) atoms. The van der Waals surface area contributed by atoms with Gasteiger partial charge in [0.25, 0.3) is 0 Å². The van der Waals surface area contributed by atoms with E-state index in [2.05, 4.69) is 21.2 Å². The van der Waals surface area contributed by atoms with Gasteiger partial charge < -0.3 is 10.2 Å². The number of unbranched alkanes of at least 4 members (excludes halogenated alkanes) is 1. The lowest BCUT2D eigenvalue weighted by molar-refractivity contribution is -0.122. The molecular formula is C24H35FN4O. The molecule has 1 aromatic carbocycles. The molecule has 1 aliphatic heterocycles. The van der Waals surface area contributed by atoms with E-state index >= 15 is 0 Å². The highest BCUT2D eigenvalue weighted by Gasteiger charge is 2.24. The largest absolute Gasteiger partial charge is 0.369 e. The van der Waals surface area contributed by atoms with E-state index < -0.39 is 0 Å². The van der Waals surface area contributed by atoms with Gasteiger partial charge in [-0.2, -0.15) is 5.26 Å². The summed E-state index contributed by atoms with van der Waals surface area (Å²) in [5, 5.41) is 11.7. The molecule has 1 aliphatic carbocycles. The summed E-state index contributed by atoms with van der Waals surface area (Å²) >= 11 is 0. The number of nitrogens with zero attached hydrogens (tertiary/aromatic N) is 3. The van der Waals surface area contributed by atoms with Crippen molar-refractivity contribution in [3.8, 4) is 6.07 Å². The van der Waals surface area contributed by atoms with Crippen molar-refractivity contribution in [2.75, 3.05) is 37.6 Å². The molecule has 1 heterocycles. The third kappa shape index (κ3) is 6.70. The van der Waals surface area contributed by atoms with Crippen LogP contribution in [0.1, 0.15) is 56.9 Å². The maximum absolute atomic E-state index is 13.5. The first-order valence-electron chi connectivity index (χ1n) is 11.4. The molecule has 0 radical (unpaired) electrons. The minimum absolute atomic E-state index is 0.0999. The highest BCUT2D eigenvalue weighted by molar-refractivity contribution is 5.76. The Hall–Kier alpha value is -2.13. The monoisotopic (exact) mass is 414 g/mol. The Morgan fingerprint density at radius 2 is 1.93 bits per heavy atom. The van der Waals surface area contributed by atoms with Gasteiger partial charge in [0.15, 0.2) is 0 Å². The van der Waals surface area contributed by atoms with Gasteiger partial charge >= 0.3 is 0 Å². The van der Waals surface area contributed by atoms with Crippen LogP contribution in [0.15, 0.2) is 18.2 Å².